The van der Waals surface area contributed by atoms with Crippen LogP contribution in [-0.4, -0.2) is 49.3 Å². The predicted octanol–water partition coefficient (Wildman–Crippen LogP) is 5.89. The normalized spacial score (nSPS) is 16.3. The van der Waals surface area contributed by atoms with E-state index in [9.17, 15) is 4.79 Å². The van der Waals surface area contributed by atoms with Crippen molar-refractivity contribution in [3.05, 3.63) is 59.2 Å². The molecule has 0 spiro atoms. The van der Waals surface area contributed by atoms with E-state index in [-0.39, 0.29) is 18.1 Å². The molecule has 6 heteroatoms. The number of hydrogen-bond acceptors (Lipinski definition) is 4. The quantitative estimate of drug-likeness (QED) is 0.403. The summed E-state index contributed by atoms with van der Waals surface area (Å²) in [6, 6.07) is 13.9. The number of aromatic nitrogens is 1. The average molecular weight is 463 g/mol. The van der Waals surface area contributed by atoms with Crippen molar-refractivity contribution in [2.24, 2.45) is 0 Å². The number of rotatable bonds is 9. The third-order valence-corrected chi connectivity index (χ3v) is 6.59. The van der Waals surface area contributed by atoms with Gasteiger partial charge in [-0.15, -0.1) is 0 Å². The van der Waals surface area contributed by atoms with Crippen molar-refractivity contribution in [2.45, 2.75) is 46.3 Å². The van der Waals surface area contributed by atoms with Gasteiger partial charge >= 0.3 is 0 Å². The molecule has 2 aromatic carbocycles. The number of carbonyl (C=O) groups is 1. The molecule has 2 heterocycles. The summed E-state index contributed by atoms with van der Waals surface area (Å²) in [7, 11) is 3.33. The minimum absolute atomic E-state index is 0.0842. The zero-order valence-corrected chi connectivity index (χ0v) is 20.9. The lowest BCUT2D eigenvalue weighted by Gasteiger charge is -2.28. The van der Waals surface area contributed by atoms with Gasteiger partial charge in [0.25, 0.3) is 0 Å². The average Bonchev–Trinajstić information content (AvgIpc) is 3.31. The summed E-state index contributed by atoms with van der Waals surface area (Å²) in [5, 5.41) is 1.10. The fraction of sp³-hybridized carbons (Fsp3) is 0.393. The molecule has 0 saturated carbocycles. The molecule has 0 bridgehead atoms. The van der Waals surface area contributed by atoms with Crippen molar-refractivity contribution in [1.82, 2.24) is 9.88 Å². The second-order valence-corrected chi connectivity index (χ2v) is 9.01. The number of aromatic amines is 1. The Morgan fingerprint density at radius 2 is 1.82 bits per heavy atom. The molecule has 1 aromatic heterocycles. The van der Waals surface area contributed by atoms with E-state index in [1.54, 1.807) is 14.2 Å². The molecule has 0 aliphatic carbocycles. The number of benzene rings is 2. The Bertz CT molecular complexity index is 1220. The van der Waals surface area contributed by atoms with E-state index in [0.29, 0.717) is 13.2 Å². The van der Waals surface area contributed by atoms with E-state index >= 15 is 0 Å². The monoisotopic (exact) mass is 462 g/mol. The van der Waals surface area contributed by atoms with Crippen LogP contribution in [0.1, 0.15) is 45.7 Å². The van der Waals surface area contributed by atoms with Gasteiger partial charge in [0, 0.05) is 40.8 Å². The van der Waals surface area contributed by atoms with Gasteiger partial charge in [-0.2, -0.15) is 0 Å². The number of methoxy groups -OCH3 is 2. The van der Waals surface area contributed by atoms with Crippen LogP contribution in [0.25, 0.3) is 22.2 Å². The first-order chi connectivity index (χ1) is 16.4. The second-order valence-electron chi connectivity index (χ2n) is 9.01. The lowest BCUT2D eigenvalue weighted by Crippen LogP contribution is -2.32. The van der Waals surface area contributed by atoms with Gasteiger partial charge in [0.15, 0.2) is 0 Å². The number of nitrogens with one attached hydrogen (secondary N) is 1. The number of carbonyl (C=O) groups excluding carboxylic acids is 1. The van der Waals surface area contributed by atoms with Crippen LogP contribution in [0.4, 0.5) is 0 Å². The molecule has 180 valence electrons. The summed E-state index contributed by atoms with van der Waals surface area (Å²) in [6.07, 6.45) is 0.952. The van der Waals surface area contributed by atoms with E-state index in [1.807, 2.05) is 56.0 Å². The molecule has 1 N–H and O–H groups in total. The van der Waals surface area contributed by atoms with Crippen LogP contribution in [0, 0.1) is 0 Å². The fourth-order valence-corrected chi connectivity index (χ4v) is 4.77. The first-order valence-corrected chi connectivity index (χ1v) is 11.8. The van der Waals surface area contributed by atoms with E-state index in [1.165, 1.54) is 0 Å². The van der Waals surface area contributed by atoms with Crippen molar-refractivity contribution in [3.63, 3.8) is 0 Å². The molecule has 4 rings (SSSR count). The van der Waals surface area contributed by atoms with Crippen LogP contribution < -0.4 is 9.47 Å². The minimum atomic E-state index is -0.173. The zero-order valence-electron chi connectivity index (χ0n) is 20.9. The van der Waals surface area contributed by atoms with Crippen molar-refractivity contribution < 1.29 is 19.0 Å². The summed E-state index contributed by atoms with van der Waals surface area (Å²) < 4.78 is 17.0. The van der Waals surface area contributed by atoms with Crippen LogP contribution in [-0.2, 0) is 9.53 Å². The van der Waals surface area contributed by atoms with Crippen LogP contribution >= 0.6 is 0 Å². The number of hydrogen-bond donors (Lipinski definition) is 1. The van der Waals surface area contributed by atoms with Gasteiger partial charge < -0.3 is 24.1 Å². The maximum absolute atomic E-state index is 13.3. The van der Waals surface area contributed by atoms with Crippen LogP contribution in [0.3, 0.4) is 0 Å². The van der Waals surface area contributed by atoms with Gasteiger partial charge in [-0.25, -0.2) is 0 Å². The molecule has 0 radical (unpaired) electrons. The Morgan fingerprint density at radius 1 is 1.06 bits per heavy atom. The highest BCUT2D eigenvalue weighted by molar-refractivity contribution is 6.00. The number of nitrogens with zero attached hydrogens (tertiary/aromatic N) is 1. The predicted molar refractivity (Wildman–Crippen MR) is 135 cm³/mol. The second kappa shape index (κ2) is 9.94. The van der Waals surface area contributed by atoms with Gasteiger partial charge in [0.2, 0.25) is 5.91 Å². The van der Waals surface area contributed by atoms with Gasteiger partial charge in [0.1, 0.15) is 11.5 Å². The Morgan fingerprint density at radius 3 is 2.53 bits per heavy atom. The van der Waals surface area contributed by atoms with Crippen molar-refractivity contribution in [3.8, 4) is 22.8 Å². The summed E-state index contributed by atoms with van der Waals surface area (Å²) in [5.41, 5.74) is 5.82. The van der Waals surface area contributed by atoms with Gasteiger partial charge in [-0.3, -0.25) is 4.79 Å². The fourth-order valence-electron chi connectivity index (χ4n) is 4.77. The lowest BCUT2D eigenvalue weighted by atomic mass is 9.93. The maximum Gasteiger partial charge on any atom is 0.250 e. The first-order valence-electron chi connectivity index (χ1n) is 11.8. The third-order valence-electron chi connectivity index (χ3n) is 6.59. The number of H-pyrrole nitrogens is 1. The van der Waals surface area contributed by atoms with Crippen LogP contribution in [0.15, 0.2) is 53.6 Å². The number of ether oxygens (including phenoxy) is 3. The highest BCUT2D eigenvalue weighted by atomic mass is 16.5. The Balaban J connectivity index is 1.87. The molecule has 0 unspecified atom stereocenters. The third kappa shape index (κ3) is 4.30. The molecular formula is C28H34N2O4. The number of para-hydroxylation sites is 1. The van der Waals surface area contributed by atoms with E-state index < -0.39 is 0 Å². The molecule has 1 atom stereocenters. The molecule has 6 nitrogen and oxygen atoms in total. The largest absolute Gasteiger partial charge is 0.497 e. The Kier molecular flexibility index (Phi) is 6.98. The highest BCUT2D eigenvalue weighted by Crippen LogP contribution is 2.47. The van der Waals surface area contributed by atoms with E-state index in [4.69, 9.17) is 14.2 Å². The summed E-state index contributed by atoms with van der Waals surface area (Å²) in [4.78, 5) is 18.9. The van der Waals surface area contributed by atoms with Gasteiger partial charge in [0.05, 0.1) is 32.1 Å². The van der Waals surface area contributed by atoms with E-state index in [2.05, 4.69) is 24.0 Å². The summed E-state index contributed by atoms with van der Waals surface area (Å²) in [6.45, 7) is 9.29. The maximum atomic E-state index is 13.3. The van der Waals surface area contributed by atoms with Crippen molar-refractivity contribution in [1.29, 1.82) is 0 Å². The Labute approximate surface area is 201 Å². The molecule has 0 fully saturated rings. The molecule has 1 amide bonds. The number of fused-ring (bicyclic) bond motifs is 1. The van der Waals surface area contributed by atoms with Crippen molar-refractivity contribution >= 4 is 16.8 Å². The summed E-state index contributed by atoms with van der Waals surface area (Å²) in [5.74, 6) is 1.57. The van der Waals surface area contributed by atoms with Crippen LogP contribution in [0.2, 0.25) is 0 Å². The first kappa shape index (κ1) is 23.9. The Hall–Kier alpha value is -3.25. The molecule has 34 heavy (non-hydrogen) atoms. The van der Waals surface area contributed by atoms with E-state index in [0.717, 1.165) is 56.8 Å². The smallest absolute Gasteiger partial charge is 0.250 e. The molecule has 0 saturated heterocycles. The van der Waals surface area contributed by atoms with Gasteiger partial charge in [-0.05, 0) is 64.0 Å². The topological polar surface area (TPSA) is 63.8 Å². The van der Waals surface area contributed by atoms with Gasteiger partial charge in [-0.1, -0.05) is 18.2 Å². The number of amides is 1. The SMILES string of the molecule is COc1ccc(OC)c(-c2[nH]c3ccccc3c2[C@@H]2C(C)=C(C)C(=O)N2CCCOC(C)C)c1. The highest BCUT2D eigenvalue weighted by Gasteiger charge is 2.38. The lowest BCUT2D eigenvalue weighted by molar-refractivity contribution is -0.127. The van der Waals surface area contributed by atoms with Crippen LogP contribution in [0.5, 0.6) is 11.5 Å². The molecular weight excluding hydrogens is 428 g/mol. The minimum Gasteiger partial charge on any atom is -0.497 e. The standard InChI is InChI=1S/C28H34N2O4/c1-17(2)34-15-9-14-30-27(18(3)19(4)28(30)31)25-21-10-7-8-11-23(21)29-26(25)22-16-20(32-5)12-13-24(22)33-6/h7-8,10-13,16-17,27,29H,9,14-15H2,1-6H3/t27-/m0/s1. The zero-order chi connectivity index (χ0) is 24.4. The summed E-state index contributed by atoms with van der Waals surface area (Å²) >= 11 is 0. The van der Waals surface area contributed by atoms with Crippen molar-refractivity contribution in [2.75, 3.05) is 27.4 Å². The molecule has 1 aliphatic rings. The molecule has 1 aliphatic heterocycles. The molecule has 3 aromatic rings.